The minimum Gasteiger partial charge on any atom is -0.497 e. The first-order valence-electron chi connectivity index (χ1n) is 10.6. The summed E-state index contributed by atoms with van der Waals surface area (Å²) in [5.74, 6) is 2.97. The number of benzene rings is 1. The second kappa shape index (κ2) is 8.33. The summed E-state index contributed by atoms with van der Waals surface area (Å²) >= 11 is 0. The maximum atomic E-state index is 12.9. The van der Waals surface area contributed by atoms with E-state index in [1.54, 1.807) is 19.4 Å². The van der Waals surface area contributed by atoms with Gasteiger partial charge in [0.2, 0.25) is 11.7 Å². The van der Waals surface area contributed by atoms with Gasteiger partial charge >= 0.3 is 0 Å². The van der Waals surface area contributed by atoms with Crippen molar-refractivity contribution in [2.75, 3.05) is 38.2 Å². The van der Waals surface area contributed by atoms with Gasteiger partial charge in [-0.15, -0.1) is 0 Å². The first kappa shape index (κ1) is 20.0. The molecule has 9 heteroatoms. The predicted molar refractivity (Wildman–Crippen MR) is 118 cm³/mol. The van der Waals surface area contributed by atoms with Gasteiger partial charge < -0.3 is 23.5 Å². The molecule has 1 aromatic carbocycles. The molecule has 0 radical (unpaired) electrons. The Labute approximate surface area is 184 Å². The van der Waals surface area contributed by atoms with Crippen LogP contribution in [0.15, 0.2) is 51.5 Å². The molecule has 1 aliphatic heterocycles. The van der Waals surface area contributed by atoms with Crippen LogP contribution in [-0.2, 0) is 6.42 Å². The first-order valence-corrected chi connectivity index (χ1v) is 10.6. The number of carbonyl (C=O) groups is 1. The highest BCUT2D eigenvalue weighted by atomic mass is 16.5. The van der Waals surface area contributed by atoms with Gasteiger partial charge in [-0.3, -0.25) is 4.79 Å². The van der Waals surface area contributed by atoms with E-state index in [0.29, 0.717) is 55.7 Å². The number of aromatic nitrogens is 3. The molecule has 164 valence electrons. The molecule has 0 aliphatic carbocycles. The molecular formula is C23H23N5O4. The number of fused-ring (bicyclic) bond motifs is 1. The third kappa shape index (κ3) is 3.77. The lowest BCUT2D eigenvalue weighted by Crippen LogP contribution is -2.49. The Hall–Kier alpha value is -3.88. The molecule has 3 aromatic heterocycles. The van der Waals surface area contributed by atoms with Crippen molar-refractivity contribution in [3.63, 3.8) is 0 Å². The minimum absolute atomic E-state index is 0.105. The molecule has 0 saturated carbocycles. The molecule has 1 fully saturated rings. The maximum absolute atomic E-state index is 12.9. The van der Waals surface area contributed by atoms with Crippen LogP contribution in [0.2, 0.25) is 0 Å². The van der Waals surface area contributed by atoms with Crippen LogP contribution in [0.1, 0.15) is 23.4 Å². The second-order valence-electron chi connectivity index (χ2n) is 7.56. The van der Waals surface area contributed by atoms with Crippen molar-refractivity contribution >= 4 is 22.7 Å². The van der Waals surface area contributed by atoms with E-state index in [-0.39, 0.29) is 5.91 Å². The minimum atomic E-state index is -0.105. The largest absolute Gasteiger partial charge is 0.497 e. The van der Waals surface area contributed by atoms with Crippen molar-refractivity contribution in [1.82, 2.24) is 20.0 Å². The highest BCUT2D eigenvalue weighted by Gasteiger charge is 2.25. The summed E-state index contributed by atoms with van der Waals surface area (Å²) in [6, 6.07) is 11.2. The lowest BCUT2D eigenvalue weighted by Gasteiger charge is -2.35. The van der Waals surface area contributed by atoms with Crippen molar-refractivity contribution in [2.24, 2.45) is 0 Å². The third-order valence-electron chi connectivity index (χ3n) is 5.60. The number of hydrogen-bond acceptors (Lipinski definition) is 8. The van der Waals surface area contributed by atoms with Crippen molar-refractivity contribution in [3.8, 4) is 17.1 Å². The summed E-state index contributed by atoms with van der Waals surface area (Å²) in [4.78, 5) is 25.8. The van der Waals surface area contributed by atoms with E-state index in [9.17, 15) is 4.79 Å². The summed E-state index contributed by atoms with van der Waals surface area (Å²) in [7, 11) is 1.61. The van der Waals surface area contributed by atoms with E-state index in [1.807, 2.05) is 42.2 Å². The van der Waals surface area contributed by atoms with Crippen LogP contribution < -0.4 is 9.64 Å². The molecule has 5 rings (SSSR count). The number of anilines is 1. The number of ether oxygens (including phenoxy) is 1. The molecule has 0 spiro atoms. The predicted octanol–water partition coefficient (Wildman–Crippen LogP) is 3.41. The van der Waals surface area contributed by atoms with Gasteiger partial charge in [0.1, 0.15) is 17.2 Å². The summed E-state index contributed by atoms with van der Waals surface area (Å²) in [6.45, 7) is 4.53. The topological polar surface area (TPSA) is 97.7 Å². The maximum Gasteiger partial charge on any atom is 0.289 e. The fraction of sp³-hybridized carbons (Fsp3) is 0.304. The average molecular weight is 433 g/mol. The Kier molecular flexibility index (Phi) is 5.22. The van der Waals surface area contributed by atoms with Gasteiger partial charge in [0, 0.05) is 49.7 Å². The second-order valence-corrected chi connectivity index (χ2v) is 7.56. The van der Waals surface area contributed by atoms with Crippen LogP contribution in [0.5, 0.6) is 5.75 Å². The molecule has 9 nitrogen and oxygen atoms in total. The molecule has 0 bridgehead atoms. The zero-order valence-electron chi connectivity index (χ0n) is 17.9. The number of nitrogens with zero attached hydrogens (tertiary/aromatic N) is 5. The Morgan fingerprint density at radius 2 is 1.97 bits per heavy atom. The Morgan fingerprint density at radius 1 is 1.12 bits per heavy atom. The summed E-state index contributed by atoms with van der Waals surface area (Å²) < 4.78 is 16.2. The quantitative estimate of drug-likeness (QED) is 0.472. The number of piperazine rings is 1. The van der Waals surface area contributed by atoms with E-state index in [4.69, 9.17) is 13.7 Å². The number of amides is 1. The van der Waals surface area contributed by atoms with Crippen molar-refractivity contribution < 1.29 is 18.5 Å². The number of methoxy groups -OCH3 is 1. The molecule has 1 saturated heterocycles. The van der Waals surface area contributed by atoms with Crippen LogP contribution >= 0.6 is 0 Å². The van der Waals surface area contributed by atoms with Crippen molar-refractivity contribution in [2.45, 2.75) is 13.3 Å². The van der Waals surface area contributed by atoms with Crippen LogP contribution in [0.25, 0.3) is 22.4 Å². The van der Waals surface area contributed by atoms with Gasteiger partial charge in [0.25, 0.3) is 5.91 Å². The van der Waals surface area contributed by atoms with Gasteiger partial charge in [-0.2, -0.15) is 4.98 Å². The van der Waals surface area contributed by atoms with E-state index in [1.165, 1.54) is 0 Å². The summed E-state index contributed by atoms with van der Waals surface area (Å²) in [6.07, 6.45) is 2.45. The number of pyridine rings is 1. The Morgan fingerprint density at radius 3 is 2.66 bits per heavy atom. The van der Waals surface area contributed by atoms with Crippen LogP contribution in [0.3, 0.4) is 0 Å². The first-order chi connectivity index (χ1) is 15.6. The van der Waals surface area contributed by atoms with E-state index in [2.05, 4.69) is 20.0 Å². The molecule has 1 amide bonds. The third-order valence-corrected chi connectivity index (χ3v) is 5.60. The van der Waals surface area contributed by atoms with Crippen LogP contribution in [-0.4, -0.2) is 59.2 Å². The van der Waals surface area contributed by atoms with E-state index < -0.39 is 0 Å². The van der Waals surface area contributed by atoms with Gasteiger partial charge in [0.05, 0.1) is 7.11 Å². The van der Waals surface area contributed by atoms with Crippen molar-refractivity contribution in [1.29, 1.82) is 0 Å². The number of aryl methyl sites for hydroxylation is 1. The molecule has 1 aliphatic rings. The molecule has 0 N–H and O–H groups in total. The summed E-state index contributed by atoms with van der Waals surface area (Å²) in [5.41, 5.74) is 1.48. The molecule has 4 heterocycles. The SMILES string of the molecule is CCc1nc(-c2ccc(N3CCN(C(=O)c4cc5cc(OC)ccc5o4)CC3)nc2)no1. The lowest BCUT2D eigenvalue weighted by atomic mass is 10.2. The number of furan rings is 1. The van der Waals surface area contributed by atoms with Gasteiger partial charge in [-0.05, 0) is 36.4 Å². The van der Waals surface area contributed by atoms with Crippen LogP contribution in [0, 0.1) is 0 Å². The monoisotopic (exact) mass is 433 g/mol. The van der Waals surface area contributed by atoms with E-state index in [0.717, 1.165) is 22.5 Å². The number of hydrogen-bond donors (Lipinski definition) is 0. The normalized spacial score (nSPS) is 14.2. The fourth-order valence-electron chi connectivity index (χ4n) is 3.77. The molecule has 4 aromatic rings. The van der Waals surface area contributed by atoms with Gasteiger partial charge in [-0.1, -0.05) is 12.1 Å². The zero-order chi connectivity index (χ0) is 22.1. The smallest absolute Gasteiger partial charge is 0.289 e. The van der Waals surface area contributed by atoms with E-state index >= 15 is 0 Å². The highest BCUT2D eigenvalue weighted by Crippen LogP contribution is 2.26. The number of carbonyl (C=O) groups excluding carboxylic acids is 1. The lowest BCUT2D eigenvalue weighted by molar-refractivity contribution is 0.0717. The zero-order valence-corrected chi connectivity index (χ0v) is 17.9. The Bertz CT molecular complexity index is 1240. The average Bonchev–Trinajstić information content (AvgIpc) is 3.50. The van der Waals surface area contributed by atoms with Gasteiger partial charge in [-0.25, -0.2) is 4.98 Å². The molecular weight excluding hydrogens is 410 g/mol. The number of rotatable bonds is 5. The summed E-state index contributed by atoms with van der Waals surface area (Å²) in [5, 5.41) is 4.83. The molecule has 0 atom stereocenters. The van der Waals surface area contributed by atoms with Gasteiger partial charge in [0.15, 0.2) is 5.76 Å². The molecule has 0 unspecified atom stereocenters. The standard InChI is InChI=1S/C23H23N5O4/c1-3-21-25-22(26-32-21)15-4-7-20(24-14-15)27-8-10-28(11-9-27)23(29)19-13-16-12-17(30-2)5-6-18(16)31-19/h4-7,12-14H,3,8-11H2,1-2H3. The van der Waals surface area contributed by atoms with Crippen LogP contribution in [0.4, 0.5) is 5.82 Å². The highest BCUT2D eigenvalue weighted by molar-refractivity contribution is 5.96. The fourth-order valence-corrected chi connectivity index (χ4v) is 3.77. The van der Waals surface area contributed by atoms with Crippen molar-refractivity contribution in [3.05, 3.63) is 54.2 Å². The molecule has 32 heavy (non-hydrogen) atoms. The Balaban J connectivity index is 1.23.